The third kappa shape index (κ3) is 4.31. The van der Waals surface area contributed by atoms with Gasteiger partial charge in [0.1, 0.15) is 11.6 Å². The minimum absolute atomic E-state index is 0.284. The van der Waals surface area contributed by atoms with Crippen molar-refractivity contribution in [1.82, 2.24) is 14.3 Å². The Morgan fingerprint density at radius 2 is 1.73 bits per heavy atom. The van der Waals surface area contributed by atoms with Crippen LogP contribution in [0.25, 0.3) is 22.3 Å². The number of thiophene rings is 1. The fourth-order valence-corrected chi connectivity index (χ4v) is 6.04. The summed E-state index contributed by atoms with van der Waals surface area (Å²) in [4.78, 5) is 12.1. The summed E-state index contributed by atoms with van der Waals surface area (Å²) in [7, 11) is -3.57. The second-order valence-corrected chi connectivity index (χ2v) is 10.4. The molecule has 1 fully saturated rings. The molecule has 0 saturated carbocycles. The molecule has 0 atom stereocenters. The van der Waals surface area contributed by atoms with Gasteiger partial charge in [-0.05, 0) is 54.8 Å². The van der Waals surface area contributed by atoms with Crippen LogP contribution in [-0.4, -0.2) is 55.5 Å². The minimum Gasteiger partial charge on any atom is -0.494 e. The first-order chi connectivity index (χ1) is 16.1. The van der Waals surface area contributed by atoms with Crippen LogP contribution in [0.1, 0.15) is 6.92 Å². The number of para-hydroxylation sites is 1. The molecule has 5 rings (SSSR count). The largest absolute Gasteiger partial charge is 0.494 e. The van der Waals surface area contributed by atoms with Crippen LogP contribution in [-0.2, 0) is 10.0 Å². The van der Waals surface area contributed by atoms with Gasteiger partial charge in [-0.3, -0.25) is 0 Å². The van der Waals surface area contributed by atoms with E-state index >= 15 is 0 Å². The van der Waals surface area contributed by atoms with Gasteiger partial charge in [0.05, 0.1) is 17.0 Å². The first-order valence-electron chi connectivity index (χ1n) is 10.8. The molecule has 1 aliphatic rings. The molecule has 3 heterocycles. The third-order valence-electron chi connectivity index (χ3n) is 5.67. The highest BCUT2D eigenvalue weighted by atomic mass is 32.2. The molecule has 4 aromatic rings. The molecule has 2 aromatic carbocycles. The van der Waals surface area contributed by atoms with Gasteiger partial charge in [0, 0.05) is 42.5 Å². The second-order valence-electron chi connectivity index (χ2n) is 7.70. The summed E-state index contributed by atoms with van der Waals surface area (Å²) in [6, 6.07) is 16.6. The summed E-state index contributed by atoms with van der Waals surface area (Å²) in [5.74, 6) is 2.20. The Morgan fingerprint density at radius 3 is 2.42 bits per heavy atom. The molecule has 7 nitrogen and oxygen atoms in total. The average Bonchev–Trinajstić information content (AvgIpc) is 3.39. The van der Waals surface area contributed by atoms with Crippen molar-refractivity contribution in [1.29, 1.82) is 0 Å². The second kappa shape index (κ2) is 9.09. The van der Waals surface area contributed by atoms with Crippen LogP contribution in [0.2, 0.25) is 0 Å². The standard InChI is InChI=1S/C24H24N4O3S2/c1-2-31-19-7-9-20(10-8-19)33(29,30)28-14-12-27(13-15-28)24-21-5-3-4-6-22(21)25-23(26-24)18-11-16-32-17-18/h3-11,16-17H,2,12-15H2,1H3. The first kappa shape index (κ1) is 21.8. The van der Waals surface area contributed by atoms with Crippen molar-refractivity contribution in [2.75, 3.05) is 37.7 Å². The quantitative estimate of drug-likeness (QED) is 0.410. The fourth-order valence-electron chi connectivity index (χ4n) is 3.99. The Morgan fingerprint density at radius 1 is 0.970 bits per heavy atom. The molecular weight excluding hydrogens is 456 g/mol. The molecular formula is C24H24N4O3S2. The van der Waals surface area contributed by atoms with Gasteiger partial charge < -0.3 is 9.64 Å². The van der Waals surface area contributed by atoms with Gasteiger partial charge in [-0.1, -0.05) is 12.1 Å². The Bertz CT molecular complexity index is 1350. The van der Waals surface area contributed by atoms with Crippen LogP contribution in [0.4, 0.5) is 5.82 Å². The Labute approximate surface area is 197 Å². The van der Waals surface area contributed by atoms with E-state index in [1.165, 1.54) is 0 Å². The summed E-state index contributed by atoms with van der Waals surface area (Å²) in [6.07, 6.45) is 0. The van der Waals surface area contributed by atoms with Gasteiger partial charge >= 0.3 is 0 Å². The number of nitrogens with zero attached hydrogens (tertiary/aromatic N) is 4. The molecule has 1 aliphatic heterocycles. The van der Waals surface area contributed by atoms with Crippen molar-refractivity contribution in [3.05, 3.63) is 65.4 Å². The Balaban J connectivity index is 1.39. The Hall–Kier alpha value is -3.01. The fraction of sp³-hybridized carbons (Fsp3) is 0.250. The third-order valence-corrected chi connectivity index (χ3v) is 8.27. The van der Waals surface area contributed by atoms with E-state index < -0.39 is 10.0 Å². The van der Waals surface area contributed by atoms with Gasteiger partial charge in [-0.2, -0.15) is 15.6 Å². The summed E-state index contributed by atoms with van der Waals surface area (Å²) in [5, 5.41) is 5.02. The predicted octanol–water partition coefficient (Wildman–Crippen LogP) is 4.27. The molecule has 0 amide bonds. The zero-order chi connectivity index (χ0) is 22.8. The van der Waals surface area contributed by atoms with Crippen LogP contribution in [0.5, 0.6) is 5.75 Å². The number of anilines is 1. The van der Waals surface area contributed by atoms with Gasteiger partial charge in [-0.15, -0.1) is 0 Å². The van der Waals surface area contributed by atoms with Crippen LogP contribution in [0, 0.1) is 0 Å². The number of sulfonamides is 1. The van der Waals surface area contributed by atoms with Crippen molar-refractivity contribution in [2.24, 2.45) is 0 Å². The van der Waals surface area contributed by atoms with Gasteiger partial charge in [-0.25, -0.2) is 18.4 Å². The van der Waals surface area contributed by atoms with Crippen molar-refractivity contribution in [2.45, 2.75) is 11.8 Å². The summed E-state index contributed by atoms with van der Waals surface area (Å²) >= 11 is 1.61. The molecule has 0 aliphatic carbocycles. The number of fused-ring (bicyclic) bond motifs is 1. The van der Waals surface area contributed by atoms with Crippen molar-refractivity contribution >= 4 is 38.1 Å². The predicted molar refractivity (Wildman–Crippen MR) is 131 cm³/mol. The lowest BCUT2D eigenvalue weighted by molar-refractivity contribution is 0.340. The summed E-state index contributed by atoms with van der Waals surface area (Å²) in [6.45, 7) is 4.33. The van der Waals surface area contributed by atoms with Crippen LogP contribution in [0.15, 0.2) is 70.3 Å². The van der Waals surface area contributed by atoms with Gasteiger partial charge in [0.25, 0.3) is 0 Å². The number of aromatic nitrogens is 2. The molecule has 170 valence electrons. The van der Waals surface area contributed by atoms with Gasteiger partial charge in [0.2, 0.25) is 10.0 Å². The van der Waals surface area contributed by atoms with Crippen LogP contribution < -0.4 is 9.64 Å². The van der Waals surface area contributed by atoms with E-state index in [1.54, 1.807) is 39.9 Å². The molecule has 0 radical (unpaired) electrons. The lowest BCUT2D eigenvalue weighted by Gasteiger charge is -2.35. The van der Waals surface area contributed by atoms with Crippen molar-refractivity contribution in [3.63, 3.8) is 0 Å². The minimum atomic E-state index is -3.57. The smallest absolute Gasteiger partial charge is 0.243 e. The van der Waals surface area contributed by atoms with E-state index in [-0.39, 0.29) is 4.90 Å². The number of hydrogen-bond donors (Lipinski definition) is 0. The maximum atomic E-state index is 13.2. The summed E-state index contributed by atoms with van der Waals surface area (Å²) in [5.41, 5.74) is 1.87. The number of hydrogen-bond acceptors (Lipinski definition) is 7. The molecule has 1 saturated heterocycles. The van der Waals surface area contributed by atoms with E-state index in [9.17, 15) is 8.42 Å². The van der Waals surface area contributed by atoms with E-state index in [2.05, 4.69) is 4.90 Å². The van der Waals surface area contributed by atoms with E-state index in [0.717, 1.165) is 22.3 Å². The Kier molecular flexibility index (Phi) is 6.01. The lowest BCUT2D eigenvalue weighted by atomic mass is 10.2. The van der Waals surface area contributed by atoms with Gasteiger partial charge in [0.15, 0.2) is 5.82 Å². The van der Waals surface area contributed by atoms with Crippen LogP contribution in [0.3, 0.4) is 0 Å². The van der Waals surface area contributed by atoms with Crippen molar-refractivity contribution in [3.8, 4) is 17.1 Å². The molecule has 0 spiro atoms. The van der Waals surface area contributed by atoms with E-state index in [0.29, 0.717) is 44.4 Å². The maximum Gasteiger partial charge on any atom is 0.243 e. The highest BCUT2D eigenvalue weighted by molar-refractivity contribution is 7.89. The molecule has 0 bridgehead atoms. The molecule has 9 heteroatoms. The lowest BCUT2D eigenvalue weighted by Crippen LogP contribution is -2.49. The maximum absolute atomic E-state index is 13.2. The number of ether oxygens (including phenoxy) is 1. The van der Waals surface area contributed by atoms with Crippen LogP contribution >= 0.6 is 11.3 Å². The first-order valence-corrected chi connectivity index (χ1v) is 13.2. The normalized spacial score (nSPS) is 15.1. The molecule has 0 N–H and O–H groups in total. The van der Waals surface area contributed by atoms with E-state index in [4.69, 9.17) is 14.7 Å². The number of rotatable bonds is 6. The summed E-state index contributed by atoms with van der Waals surface area (Å²) < 4.78 is 33.3. The number of benzene rings is 2. The highest BCUT2D eigenvalue weighted by Crippen LogP contribution is 2.30. The molecule has 2 aromatic heterocycles. The molecule has 0 unspecified atom stereocenters. The topological polar surface area (TPSA) is 75.6 Å². The SMILES string of the molecule is CCOc1ccc(S(=O)(=O)N2CCN(c3nc(-c4ccsc4)nc4ccccc34)CC2)cc1. The van der Waals surface area contributed by atoms with E-state index in [1.807, 2.05) is 48.0 Å². The monoisotopic (exact) mass is 480 g/mol. The average molecular weight is 481 g/mol. The highest BCUT2D eigenvalue weighted by Gasteiger charge is 2.29. The zero-order valence-corrected chi connectivity index (χ0v) is 19.8. The zero-order valence-electron chi connectivity index (χ0n) is 18.2. The molecule has 33 heavy (non-hydrogen) atoms. The number of piperazine rings is 1. The van der Waals surface area contributed by atoms with Crippen molar-refractivity contribution < 1.29 is 13.2 Å².